The largest absolute Gasteiger partial charge is 0.365 e. The molecule has 0 radical (unpaired) electrons. The van der Waals surface area contributed by atoms with Gasteiger partial charge in [0.05, 0.1) is 6.10 Å². The van der Waals surface area contributed by atoms with Crippen LogP contribution in [0.2, 0.25) is 0 Å². The Bertz CT molecular complexity index is 740. The van der Waals surface area contributed by atoms with E-state index in [4.69, 9.17) is 9.26 Å². The number of carbonyl (C=O) groups excluding carboxylic acids is 1. The number of aromatic nitrogens is 2. The number of hydrogen-bond acceptors (Lipinski definition) is 6. The van der Waals surface area contributed by atoms with Crippen LogP contribution in [0, 0.1) is 12.8 Å². The molecule has 6 nitrogen and oxygen atoms in total. The predicted octanol–water partition coefficient (Wildman–Crippen LogP) is 2.83. The summed E-state index contributed by atoms with van der Waals surface area (Å²) in [6.45, 7) is 3.25. The number of likely N-dealkylation sites (tertiary alicyclic amines) is 1. The average molecular weight is 345 g/mol. The number of aryl methyl sites for hydroxylation is 1. The molecule has 0 N–H and O–H groups in total. The van der Waals surface area contributed by atoms with Crippen molar-refractivity contribution in [1.29, 1.82) is 0 Å². The average Bonchev–Trinajstić information content (AvgIpc) is 3.31. The van der Waals surface area contributed by atoms with Crippen molar-refractivity contribution in [2.45, 2.75) is 32.0 Å². The molecule has 0 spiro atoms. The van der Waals surface area contributed by atoms with E-state index >= 15 is 0 Å². The topological polar surface area (TPSA) is 68.5 Å². The smallest absolute Gasteiger partial charge is 0.255 e. The molecule has 1 amide bonds. The van der Waals surface area contributed by atoms with Crippen molar-refractivity contribution in [3.63, 3.8) is 0 Å². The summed E-state index contributed by atoms with van der Waals surface area (Å²) >= 11 is 1.63. The zero-order chi connectivity index (χ0) is 16.5. The second-order valence-electron chi connectivity index (χ2n) is 6.26. The molecular weight excluding hydrogens is 326 g/mol. The van der Waals surface area contributed by atoms with Gasteiger partial charge in [-0.25, -0.2) is 0 Å². The summed E-state index contributed by atoms with van der Waals surface area (Å²) in [7, 11) is 0. The Morgan fingerprint density at radius 2 is 2.42 bits per heavy atom. The molecule has 2 aliphatic heterocycles. The lowest BCUT2D eigenvalue weighted by Gasteiger charge is -2.33. The van der Waals surface area contributed by atoms with Gasteiger partial charge in [-0.1, -0.05) is 11.2 Å². The van der Waals surface area contributed by atoms with Crippen LogP contribution in [0.25, 0.3) is 6.08 Å². The van der Waals surface area contributed by atoms with E-state index in [-0.39, 0.29) is 18.1 Å². The van der Waals surface area contributed by atoms with Crippen molar-refractivity contribution in [3.8, 4) is 0 Å². The quantitative estimate of drug-likeness (QED) is 0.800. The Hall–Kier alpha value is -1.99. The van der Waals surface area contributed by atoms with E-state index in [1.807, 2.05) is 28.5 Å². The number of thiophene rings is 1. The first-order valence-corrected chi connectivity index (χ1v) is 9.03. The van der Waals surface area contributed by atoms with Gasteiger partial charge in [0.1, 0.15) is 6.10 Å². The molecule has 0 unspecified atom stereocenters. The molecule has 4 rings (SSSR count). The molecule has 126 valence electrons. The fraction of sp³-hybridized carbons (Fsp3) is 0.471. The van der Waals surface area contributed by atoms with Gasteiger partial charge in [0.2, 0.25) is 5.91 Å². The van der Waals surface area contributed by atoms with Crippen molar-refractivity contribution in [1.82, 2.24) is 15.0 Å². The van der Waals surface area contributed by atoms with Crippen molar-refractivity contribution >= 4 is 23.3 Å². The summed E-state index contributed by atoms with van der Waals surface area (Å²) in [5, 5.41) is 5.84. The van der Waals surface area contributed by atoms with Crippen molar-refractivity contribution in [2.75, 3.05) is 13.1 Å². The summed E-state index contributed by atoms with van der Waals surface area (Å²) in [6.07, 6.45) is 5.26. The Kier molecular flexibility index (Phi) is 4.20. The maximum absolute atomic E-state index is 12.4. The van der Waals surface area contributed by atoms with Gasteiger partial charge in [0.25, 0.3) is 5.89 Å². The number of amides is 1. The highest BCUT2D eigenvalue weighted by Crippen LogP contribution is 2.40. The second-order valence-corrected chi connectivity index (χ2v) is 7.24. The van der Waals surface area contributed by atoms with Crippen LogP contribution in [0.15, 0.2) is 28.1 Å². The van der Waals surface area contributed by atoms with Gasteiger partial charge in [-0.3, -0.25) is 4.79 Å². The number of nitrogens with zero attached hydrogens (tertiary/aromatic N) is 3. The number of rotatable bonds is 3. The van der Waals surface area contributed by atoms with Gasteiger partial charge in [-0.15, -0.1) is 11.3 Å². The van der Waals surface area contributed by atoms with Gasteiger partial charge in [0.15, 0.2) is 5.82 Å². The molecule has 7 heteroatoms. The van der Waals surface area contributed by atoms with Crippen LogP contribution in [0.5, 0.6) is 0 Å². The van der Waals surface area contributed by atoms with E-state index in [1.54, 1.807) is 24.3 Å². The lowest BCUT2D eigenvalue weighted by atomic mass is 9.92. The second kappa shape index (κ2) is 6.49. The van der Waals surface area contributed by atoms with Crippen molar-refractivity contribution in [3.05, 3.63) is 40.2 Å². The van der Waals surface area contributed by atoms with E-state index in [0.29, 0.717) is 17.6 Å². The number of carbonyl (C=O) groups is 1. The Morgan fingerprint density at radius 1 is 1.50 bits per heavy atom. The Labute approximate surface area is 144 Å². The monoisotopic (exact) mass is 345 g/mol. The minimum Gasteiger partial charge on any atom is -0.365 e. The first-order valence-electron chi connectivity index (χ1n) is 8.15. The van der Waals surface area contributed by atoms with Crippen LogP contribution in [-0.2, 0) is 9.53 Å². The zero-order valence-corrected chi connectivity index (χ0v) is 14.2. The molecule has 3 atom stereocenters. The lowest BCUT2D eigenvalue weighted by Crippen LogP contribution is -2.43. The maximum atomic E-state index is 12.4. The van der Waals surface area contributed by atoms with E-state index in [9.17, 15) is 4.79 Å². The third-order valence-electron chi connectivity index (χ3n) is 4.58. The normalized spacial score (nSPS) is 26.9. The summed E-state index contributed by atoms with van der Waals surface area (Å²) in [5.74, 6) is 1.57. The lowest BCUT2D eigenvalue weighted by molar-refractivity contribution is -0.129. The van der Waals surface area contributed by atoms with Crippen molar-refractivity contribution in [2.24, 2.45) is 5.92 Å². The van der Waals surface area contributed by atoms with Crippen molar-refractivity contribution < 1.29 is 14.1 Å². The van der Waals surface area contributed by atoms with E-state index in [2.05, 4.69) is 10.1 Å². The predicted molar refractivity (Wildman–Crippen MR) is 89.3 cm³/mol. The molecule has 2 saturated heterocycles. The van der Waals surface area contributed by atoms with Crippen LogP contribution in [-0.4, -0.2) is 40.1 Å². The molecule has 2 aromatic heterocycles. The minimum absolute atomic E-state index is 0.0685. The highest BCUT2D eigenvalue weighted by Gasteiger charge is 2.42. The number of hydrogen-bond donors (Lipinski definition) is 0. The summed E-state index contributed by atoms with van der Waals surface area (Å²) < 4.78 is 11.3. The summed E-state index contributed by atoms with van der Waals surface area (Å²) in [6, 6.07) is 3.98. The SMILES string of the molecule is Cc1noc([C@@H]2C[C@@H]3CN(C(=O)/C=C/c4cccs4)CC[C@H]3O2)n1. The van der Waals surface area contributed by atoms with Crippen LogP contribution in [0.4, 0.5) is 0 Å². The van der Waals surface area contributed by atoms with Gasteiger partial charge in [-0.05, 0) is 37.3 Å². The van der Waals surface area contributed by atoms with Gasteiger partial charge in [0, 0.05) is 30.0 Å². The fourth-order valence-corrected chi connectivity index (χ4v) is 4.02. The summed E-state index contributed by atoms with van der Waals surface area (Å²) in [4.78, 5) is 19.7. The Balaban J connectivity index is 1.38. The first-order chi connectivity index (χ1) is 11.7. The van der Waals surface area contributed by atoms with Gasteiger partial charge >= 0.3 is 0 Å². The molecule has 0 aliphatic carbocycles. The third-order valence-corrected chi connectivity index (χ3v) is 5.42. The molecule has 4 heterocycles. The van der Waals surface area contributed by atoms with Gasteiger partial charge < -0.3 is 14.2 Å². The number of piperidine rings is 1. The fourth-order valence-electron chi connectivity index (χ4n) is 3.41. The standard InChI is InChI=1S/C17H19N3O3S/c1-11-18-17(23-19-11)15-9-12-10-20(7-6-14(12)22-15)16(21)5-4-13-3-2-8-24-13/h2-5,8,12,14-15H,6-7,9-10H2,1H3/b5-4+/t12-,14-,15+/m1/s1. The first kappa shape index (κ1) is 15.5. The van der Waals surface area contributed by atoms with Crippen LogP contribution in [0.3, 0.4) is 0 Å². The number of ether oxygens (including phenoxy) is 1. The molecule has 24 heavy (non-hydrogen) atoms. The zero-order valence-electron chi connectivity index (χ0n) is 13.4. The molecule has 2 aliphatic rings. The Morgan fingerprint density at radius 3 is 3.17 bits per heavy atom. The van der Waals surface area contributed by atoms with E-state index in [1.165, 1.54) is 0 Å². The summed E-state index contributed by atoms with van der Waals surface area (Å²) in [5.41, 5.74) is 0. The highest BCUT2D eigenvalue weighted by atomic mass is 32.1. The minimum atomic E-state index is -0.141. The van der Waals surface area contributed by atoms with Crippen LogP contribution >= 0.6 is 11.3 Å². The highest BCUT2D eigenvalue weighted by molar-refractivity contribution is 7.10. The maximum Gasteiger partial charge on any atom is 0.255 e. The van der Waals surface area contributed by atoms with Gasteiger partial charge in [-0.2, -0.15) is 4.98 Å². The van der Waals surface area contributed by atoms with E-state index in [0.717, 1.165) is 30.8 Å². The molecule has 2 fully saturated rings. The van der Waals surface area contributed by atoms with Crippen LogP contribution < -0.4 is 0 Å². The number of fused-ring (bicyclic) bond motifs is 1. The molecule has 2 aromatic rings. The van der Waals surface area contributed by atoms with Crippen LogP contribution in [0.1, 0.15) is 35.5 Å². The third kappa shape index (κ3) is 3.14. The molecule has 0 saturated carbocycles. The van der Waals surface area contributed by atoms with E-state index < -0.39 is 0 Å². The molecule has 0 aromatic carbocycles. The molecule has 0 bridgehead atoms. The molecular formula is C17H19N3O3S.